The van der Waals surface area contributed by atoms with Crippen LogP contribution in [0.2, 0.25) is 0 Å². The van der Waals surface area contributed by atoms with Gasteiger partial charge in [0.15, 0.2) is 0 Å². The lowest BCUT2D eigenvalue weighted by molar-refractivity contribution is 0.304. The van der Waals surface area contributed by atoms with E-state index in [-0.39, 0.29) is 11.9 Å². The smallest absolute Gasteiger partial charge is 0.131 e. The minimum absolute atomic E-state index is 0.314. The van der Waals surface area contributed by atoms with Gasteiger partial charge in [0.25, 0.3) is 0 Å². The van der Waals surface area contributed by atoms with Crippen molar-refractivity contribution in [2.45, 2.75) is 32.9 Å². The van der Waals surface area contributed by atoms with Gasteiger partial charge >= 0.3 is 0 Å². The van der Waals surface area contributed by atoms with Gasteiger partial charge in [-0.05, 0) is 30.5 Å². The highest BCUT2D eigenvalue weighted by atomic mass is 19.1. The van der Waals surface area contributed by atoms with Gasteiger partial charge in [0, 0.05) is 17.7 Å². The third kappa shape index (κ3) is 3.58. The molecule has 0 unspecified atom stereocenters. The van der Waals surface area contributed by atoms with Crippen LogP contribution in [0.3, 0.4) is 0 Å². The van der Waals surface area contributed by atoms with Crippen LogP contribution in [0, 0.1) is 5.82 Å². The molecule has 0 radical (unpaired) electrons. The van der Waals surface area contributed by atoms with Crippen LogP contribution in [-0.4, -0.2) is 0 Å². The van der Waals surface area contributed by atoms with Crippen molar-refractivity contribution in [1.82, 2.24) is 0 Å². The van der Waals surface area contributed by atoms with Crippen LogP contribution in [0.25, 0.3) is 0 Å². The van der Waals surface area contributed by atoms with Crippen LogP contribution < -0.4 is 10.5 Å². The molecule has 0 aliphatic heterocycles. The fourth-order valence-corrected chi connectivity index (χ4v) is 2.00. The molecule has 2 aromatic rings. The Morgan fingerprint density at radius 1 is 1.10 bits per heavy atom. The van der Waals surface area contributed by atoms with E-state index in [2.05, 4.69) is 19.1 Å². The molecule has 0 saturated heterocycles. The largest absolute Gasteiger partial charge is 0.489 e. The van der Waals surface area contributed by atoms with Crippen LogP contribution in [0.1, 0.15) is 36.6 Å². The highest BCUT2D eigenvalue weighted by molar-refractivity contribution is 5.31. The molecule has 0 fully saturated rings. The predicted octanol–water partition coefficient (Wildman–Crippen LogP) is 3.99. The van der Waals surface area contributed by atoms with Gasteiger partial charge in [-0.2, -0.15) is 0 Å². The summed E-state index contributed by atoms with van der Waals surface area (Å²) in [6.07, 6.45) is 1.02. The Kier molecular flexibility index (Phi) is 4.74. The standard InChI is InChI=1S/C17H20FNO/c1-3-13-4-6-14(7-5-13)11-20-15-8-9-16(12(2)19)17(18)10-15/h4-10,12H,3,11,19H2,1-2H3/t12-/m0/s1. The first kappa shape index (κ1) is 14.5. The molecule has 0 saturated carbocycles. The molecule has 2 aromatic carbocycles. The maximum atomic E-state index is 13.8. The lowest BCUT2D eigenvalue weighted by Gasteiger charge is -2.10. The lowest BCUT2D eigenvalue weighted by atomic mass is 10.1. The molecule has 2 rings (SSSR count). The second-order valence-electron chi connectivity index (χ2n) is 4.93. The van der Waals surface area contributed by atoms with Gasteiger partial charge in [0.05, 0.1) is 0 Å². The molecule has 0 amide bonds. The molecule has 2 nitrogen and oxygen atoms in total. The Morgan fingerprint density at radius 3 is 2.30 bits per heavy atom. The number of halogens is 1. The summed E-state index contributed by atoms with van der Waals surface area (Å²) in [6.45, 7) is 4.31. The molecule has 2 N–H and O–H groups in total. The third-order valence-corrected chi connectivity index (χ3v) is 3.30. The molecule has 0 aromatic heterocycles. The van der Waals surface area contributed by atoms with E-state index in [1.54, 1.807) is 19.1 Å². The normalized spacial score (nSPS) is 12.2. The number of aryl methyl sites for hydroxylation is 1. The van der Waals surface area contributed by atoms with Crippen molar-refractivity contribution >= 4 is 0 Å². The predicted molar refractivity (Wildman–Crippen MR) is 79.2 cm³/mol. The second kappa shape index (κ2) is 6.53. The fraction of sp³-hybridized carbons (Fsp3) is 0.294. The Bertz CT molecular complexity index is 564. The van der Waals surface area contributed by atoms with E-state index in [4.69, 9.17) is 10.5 Å². The first-order valence-electron chi connectivity index (χ1n) is 6.85. The molecule has 0 aliphatic carbocycles. The van der Waals surface area contributed by atoms with Gasteiger partial charge in [-0.1, -0.05) is 37.3 Å². The minimum atomic E-state index is -0.321. The van der Waals surface area contributed by atoms with E-state index in [9.17, 15) is 4.39 Å². The molecule has 20 heavy (non-hydrogen) atoms. The molecule has 0 heterocycles. The summed E-state index contributed by atoms with van der Waals surface area (Å²) in [5.74, 6) is 0.199. The van der Waals surface area contributed by atoms with Crippen LogP contribution in [0.15, 0.2) is 42.5 Å². The quantitative estimate of drug-likeness (QED) is 0.894. The number of nitrogens with two attached hydrogens (primary N) is 1. The Labute approximate surface area is 119 Å². The molecule has 0 spiro atoms. The number of rotatable bonds is 5. The Hall–Kier alpha value is -1.87. The summed E-state index contributed by atoms with van der Waals surface area (Å²) in [4.78, 5) is 0. The first-order chi connectivity index (χ1) is 9.60. The summed E-state index contributed by atoms with van der Waals surface area (Å²) in [5, 5.41) is 0. The molecule has 0 bridgehead atoms. The third-order valence-electron chi connectivity index (χ3n) is 3.30. The maximum absolute atomic E-state index is 13.8. The van der Waals surface area contributed by atoms with E-state index in [1.165, 1.54) is 11.6 Å². The monoisotopic (exact) mass is 273 g/mol. The lowest BCUT2D eigenvalue weighted by Crippen LogP contribution is -2.07. The first-order valence-corrected chi connectivity index (χ1v) is 6.85. The zero-order chi connectivity index (χ0) is 14.5. The minimum Gasteiger partial charge on any atom is -0.489 e. The topological polar surface area (TPSA) is 35.2 Å². The van der Waals surface area contributed by atoms with Gasteiger partial charge in [-0.3, -0.25) is 0 Å². The van der Waals surface area contributed by atoms with Gasteiger partial charge in [-0.15, -0.1) is 0 Å². The average molecular weight is 273 g/mol. The number of benzene rings is 2. The SMILES string of the molecule is CCc1ccc(COc2ccc([C@H](C)N)c(F)c2)cc1. The van der Waals surface area contributed by atoms with Gasteiger partial charge in [0.1, 0.15) is 18.2 Å². The summed E-state index contributed by atoms with van der Waals surface area (Å²) >= 11 is 0. The molecule has 106 valence electrons. The maximum Gasteiger partial charge on any atom is 0.131 e. The van der Waals surface area contributed by atoms with E-state index in [0.717, 1.165) is 12.0 Å². The second-order valence-corrected chi connectivity index (χ2v) is 4.93. The molecule has 1 atom stereocenters. The summed E-state index contributed by atoms with van der Waals surface area (Å²) in [7, 11) is 0. The van der Waals surface area contributed by atoms with Crippen molar-refractivity contribution in [1.29, 1.82) is 0 Å². The number of ether oxygens (including phenoxy) is 1. The van der Waals surface area contributed by atoms with Crippen LogP contribution in [-0.2, 0) is 13.0 Å². The highest BCUT2D eigenvalue weighted by Gasteiger charge is 2.08. The number of hydrogen-bond acceptors (Lipinski definition) is 2. The van der Waals surface area contributed by atoms with Gasteiger partial charge in [0.2, 0.25) is 0 Å². The van der Waals surface area contributed by atoms with E-state index >= 15 is 0 Å². The van der Waals surface area contributed by atoms with Gasteiger partial charge < -0.3 is 10.5 Å². The average Bonchev–Trinajstić information content (AvgIpc) is 2.45. The summed E-state index contributed by atoms with van der Waals surface area (Å²) in [5.41, 5.74) is 8.54. The van der Waals surface area contributed by atoms with E-state index in [1.807, 2.05) is 12.1 Å². The molecular weight excluding hydrogens is 253 g/mol. The van der Waals surface area contributed by atoms with Crippen molar-refractivity contribution in [2.24, 2.45) is 5.73 Å². The highest BCUT2D eigenvalue weighted by Crippen LogP contribution is 2.21. The van der Waals surface area contributed by atoms with Gasteiger partial charge in [-0.25, -0.2) is 4.39 Å². The Balaban J connectivity index is 2.01. The molecule has 3 heteroatoms. The van der Waals surface area contributed by atoms with Crippen molar-refractivity contribution in [3.8, 4) is 5.75 Å². The van der Waals surface area contributed by atoms with Crippen molar-refractivity contribution < 1.29 is 9.13 Å². The van der Waals surface area contributed by atoms with Crippen molar-refractivity contribution in [3.05, 3.63) is 65.0 Å². The summed E-state index contributed by atoms with van der Waals surface area (Å²) < 4.78 is 19.4. The van der Waals surface area contributed by atoms with Crippen LogP contribution in [0.5, 0.6) is 5.75 Å². The van der Waals surface area contributed by atoms with Crippen molar-refractivity contribution in [3.63, 3.8) is 0 Å². The van der Waals surface area contributed by atoms with Crippen molar-refractivity contribution in [2.75, 3.05) is 0 Å². The summed E-state index contributed by atoms with van der Waals surface area (Å²) in [6, 6.07) is 12.7. The molecule has 0 aliphatic rings. The fourth-order valence-electron chi connectivity index (χ4n) is 2.00. The van der Waals surface area contributed by atoms with Crippen LogP contribution >= 0.6 is 0 Å². The van der Waals surface area contributed by atoms with E-state index in [0.29, 0.717) is 17.9 Å². The molecular formula is C17H20FNO. The van der Waals surface area contributed by atoms with E-state index < -0.39 is 0 Å². The number of hydrogen-bond donors (Lipinski definition) is 1. The zero-order valence-electron chi connectivity index (χ0n) is 11.9. The zero-order valence-corrected chi connectivity index (χ0v) is 11.9. The van der Waals surface area contributed by atoms with Crippen LogP contribution in [0.4, 0.5) is 4.39 Å². The Morgan fingerprint density at radius 2 is 1.75 bits per heavy atom.